The summed E-state index contributed by atoms with van der Waals surface area (Å²) >= 11 is 0. The lowest BCUT2D eigenvalue weighted by Crippen LogP contribution is -2.50. The second-order valence-electron chi connectivity index (χ2n) is 5.27. The van der Waals surface area contributed by atoms with Gasteiger partial charge in [0.1, 0.15) is 0 Å². The second-order valence-corrected chi connectivity index (χ2v) is 5.27. The van der Waals surface area contributed by atoms with E-state index in [9.17, 15) is 13.2 Å². The number of guanidine groups is 2. The van der Waals surface area contributed by atoms with Crippen molar-refractivity contribution in [3.05, 3.63) is 29.8 Å². The van der Waals surface area contributed by atoms with Crippen LogP contribution in [0.15, 0.2) is 34.3 Å². The molecule has 0 aliphatic carbocycles. The number of rotatable bonds is 1. The van der Waals surface area contributed by atoms with Gasteiger partial charge in [0, 0.05) is 26.2 Å². The van der Waals surface area contributed by atoms with Crippen LogP contribution in [0.2, 0.25) is 0 Å². The average Bonchev–Trinajstić information content (AvgIpc) is 2.47. The Balaban J connectivity index is 0.00000288. The highest BCUT2D eigenvalue weighted by atomic mass is 35.5. The minimum Gasteiger partial charge on any atom is -0.369 e. The van der Waals surface area contributed by atoms with E-state index in [0.717, 1.165) is 38.3 Å². The number of halogens is 4. The lowest BCUT2D eigenvalue weighted by Gasteiger charge is -2.32. The van der Waals surface area contributed by atoms with Crippen molar-refractivity contribution < 1.29 is 13.2 Å². The number of aliphatic imine (C=N–C) groups is 2. The molecule has 0 radical (unpaired) electrons. The van der Waals surface area contributed by atoms with Crippen LogP contribution in [0.5, 0.6) is 0 Å². The van der Waals surface area contributed by atoms with E-state index in [0.29, 0.717) is 0 Å². The third kappa shape index (κ3) is 5.57. The summed E-state index contributed by atoms with van der Waals surface area (Å²) in [6, 6.07) is 4.35. The van der Waals surface area contributed by atoms with Crippen LogP contribution >= 0.6 is 12.4 Å². The van der Waals surface area contributed by atoms with Crippen molar-refractivity contribution in [2.24, 2.45) is 21.5 Å². The molecule has 0 atom stereocenters. The maximum Gasteiger partial charge on any atom is 0.416 e. The van der Waals surface area contributed by atoms with E-state index < -0.39 is 11.7 Å². The van der Waals surface area contributed by atoms with Gasteiger partial charge in [-0.05, 0) is 31.3 Å². The monoisotopic (exact) mass is 364 g/mol. The van der Waals surface area contributed by atoms with Gasteiger partial charge < -0.3 is 21.3 Å². The Morgan fingerprint density at radius 3 is 2.08 bits per heavy atom. The first kappa shape index (κ1) is 20.0. The molecule has 1 aliphatic heterocycles. The highest BCUT2D eigenvalue weighted by Gasteiger charge is 2.29. The van der Waals surface area contributed by atoms with Crippen LogP contribution in [-0.4, -0.2) is 54.9 Å². The summed E-state index contributed by atoms with van der Waals surface area (Å²) < 4.78 is 37.4. The van der Waals surface area contributed by atoms with Crippen molar-refractivity contribution in [2.75, 3.05) is 33.2 Å². The predicted octanol–water partition coefficient (Wildman–Crippen LogP) is 1.64. The Bertz CT molecular complexity index is 592. The molecule has 0 saturated carbocycles. The fraction of sp³-hybridized carbons (Fsp3) is 0.429. The number of hydrogen-bond donors (Lipinski definition) is 2. The number of nitrogens with zero attached hydrogens (tertiary/aromatic N) is 4. The van der Waals surface area contributed by atoms with Gasteiger partial charge >= 0.3 is 6.18 Å². The molecule has 134 valence electrons. The molecule has 1 heterocycles. The zero-order chi connectivity index (χ0) is 17.0. The molecule has 6 nitrogen and oxygen atoms in total. The normalized spacial score (nSPS) is 17.6. The topological polar surface area (TPSA) is 83.2 Å². The van der Waals surface area contributed by atoms with Crippen molar-refractivity contribution in [3.63, 3.8) is 0 Å². The van der Waals surface area contributed by atoms with E-state index in [1.54, 1.807) is 0 Å². The molecular weight excluding hydrogens is 345 g/mol. The summed E-state index contributed by atoms with van der Waals surface area (Å²) in [5.74, 6) is 0.160. The van der Waals surface area contributed by atoms with Crippen LogP contribution in [0, 0.1) is 0 Å². The minimum absolute atomic E-state index is 0. The quantitative estimate of drug-likeness (QED) is 0.586. The number of likely N-dealkylation sites (N-methyl/N-ethyl adjacent to an activating group) is 1. The Kier molecular flexibility index (Phi) is 6.85. The predicted molar refractivity (Wildman–Crippen MR) is 90.7 cm³/mol. The van der Waals surface area contributed by atoms with Crippen molar-refractivity contribution in [1.29, 1.82) is 0 Å². The van der Waals surface area contributed by atoms with Crippen molar-refractivity contribution in [2.45, 2.75) is 6.18 Å². The first-order chi connectivity index (χ1) is 10.8. The third-order valence-corrected chi connectivity index (χ3v) is 3.49. The van der Waals surface area contributed by atoms with Gasteiger partial charge in [0.2, 0.25) is 5.96 Å². The highest BCUT2D eigenvalue weighted by molar-refractivity contribution is 5.94. The van der Waals surface area contributed by atoms with Gasteiger partial charge in [-0.25, -0.2) is 4.99 Å². The largest absolute Gasteiger partial charge is 0.416 e. The van der Waals surface area contributed by atoms with Crippen LogP contribution < -0.4 is 11.5 Å². The molecule has 1 aromatic rings. The molecule has 0 aromatic heterocycles. The Morgan fingerprint density at radius 2 is 1.58 bits per heavy atom. The van der Waals surface area contributed by atoms with Gasteiger partial charge in [0.25, 0.3) is 0 Å². The van der Waals surface area contributed by atoms with Gasteiger partial charge in [0.05, 0.1) is 11.3 Å². The molecule has 1 aromatic carbocycles. The number of benzene rings is 1. The van der Waals surface area contributed by atoms with Crippen LogP contribution in [0.4, 0.5) is 18.9 Å². The maximum atomic E-state index is 12.5. The zero-order valence-corrected chi connectivity index (χ0v) is 13.9. The summed E-state index contributed by atoms with van der Waals surface area (Å²) in [6.45, 7) is 3.21. The molecule has 24 heavy (non-hydrogen) atoms. The number of nitrogens with two attached hydrogens (primary N) is 2. The summed E-state index contributed by atoms with van der Waals surface area (Å²) in [5, 5.41) is 0. The fourth-order valence-corrected chi connectivity index (χ4v) is 2.11. The molecule has 1 aliphatic rings. The van der Waals surface area contributed by atoms with Crippen LogP contribution in [-0.2, 0) is 6.18 Å². The molecule has 10 heteroatoms. The lowest BCUT2D eigenvalue weighted by molar-refractivity contribution is -0.137. The molecule has 0 unspecified atom stereocenters. The van der Waals surface area contributed by atoms with Gasteiger partial charge in [-0.15, -0.1) is 12.4 Å². The molecule has 1 saturated heterocycles. The van der Waals surface area contributed by atoms with Gasteiger partial charge in [0.15, 0.2) is 5.96 Å². The number of alkyl halides is 3. The Morgan fingerprint density at radius 1 is 1.04 bits per heavy atom. The van der Waals surface area contributed by atoms with E-state index in [2.05, 4.69) is 14.9 Å². The third-order valence-electron chi connectivity index (χ3n) is 3.49. The molecular formula is C14H20ClF3N6. The van der Waals surface area contributed by atoms with E-state index >= 15 is 0 Å². The fourth-order valence-electron chi connectivity index (χ4n) is 2.11. The number of hydrogen-bond acceptors (Lipinski definition) is 2. The SMILES string of the molecule is CN1CCN(C(N)=NC(N)=Nc2ccc(C(F)(F)F)cc2)CC1.Cl. The van der Waals surface area contributed by atoms with Crippen LogP contribution in [0.25, 0.3) is 0 Å². The first-order valence-electron chi connectivity index (χ1n) is 7.05. The van der Waals surface area contributed by atoms with Crippen LogP contribution in [0.3, 0.4) is 0 Å². The van der Waals surface area contributed by atoms with Crippen LogP contribution in [0.1, 0.15) is 5.56 Å². The Hall–Kier alpha value is -2.00. The van der Waals surface area contributed by atoms with Gasteiger partial charge in [-0.2, -0.15) is 18.2 Å². The molecule has 4 N–H and O–H groups in total. The highest BCUT2D eigenvalue weighted by Crippen LogP contribution is 2.30. The van der Waals surface area contributed by atoms with Crippen molar-refractivity contribution in [1.82, 2.24) is 9.80 Å². The molecule has 0 amide bonds. The van der Waals surface area contributed by atoms with E-state index in [4.69, 9.17) is 11.5 Å². The lowest BCUT2D eigenvalue weighted by atomic mass is 10.2. The summed E-state index contributed by atoms with van der Waals surface area (Å²) in [6.07, 6.45) is -4.38. The minimum atomic E-state index is -4.38. The average molecular weight is 365 g/mol. The van der Waals surface area contributed by atoms with E-state index in [1.165, 1.54) is 12.1 Å². The zero-order valence-electron chi connectivity index (χ0n) is 13.1. The van der Waals surface area contributed by atoms with E-state index in [1.807, 2.05) is 11.9 Å². The maximum absolute atomic E-state index is 12.5. The Labute approximate surface area is 144 Å². The molecule has 0 bridgehead atoms. The summed E-state index contributed by atoms with van der Waals surface area (Å²) in [7, 11) is 2.02. The number of piperazine rings is 1. The standard InChI is InChI=1S/C14H19F3N6.ClH/c1-22-6-8-23(9-7-22)13(19)21-12(18)20-11-4-2-10(3-5-11)14(15,16)17;/h2-5H,6-9H2,1H3,(H4,18,19,20,21);1H. The summed E-state index contributed by atoms with van der Waals surface area (Å²) in [5.41, 5.74) is 11.1. The smallest absolute Gasteiger partial charge is 0.369 e. The molecule has 1 fully saturated rings. The molecule has 2 rings (SSSR count). The summed E-state index contributed by atoms with van der Waals surface area (Å²) in [4.78, 5) is 12.0. The van der Waals surface area contributed by atoms with Gasteiger partial charge in [-0.3, -0.25) is 0 Å². The van der Waals surface area contributed by atoms with E-state index in [-0.39, 0.29) is 30.0 Å². The van der Waals surface area contributed by atoms with Crippen molar-refractivity contribution >= 4 is 30.0 Å². The molecule has 0 spiro atoms. The van der Waals surface area contributed by atoms with Gasteiger partial charge in [-0.1, -0.05) is 0 Å². The second kappa shape index (κ2) is 8.20. The first-order valence-corrected chi connectivity index (χ1v) is 7.05. The van der Waals surface area contributed by atoms with Crippen molar-refractivity contribution in [3.8, 4) is 0 Å².